The summed E-state index contributed by atoms with van der Waals surface area (Å²) < 4.78 is 21.2. The summed E-state index contributed by atoms with van der Waals surface area (Å²) in [6.45, 7) is 33.7. The highest BCUT2D eigenvalue weighted by Gasteiger charge is 2.26. The SMILES string of the molecule is COc1cc(C)c(Nc2nc(-c3ccc(-n4cnc(C)c4)cc3)c(C)s2)cc1C(C)C.COc1cc(C)c(Nc2nc(-c3ccc(-n4cnc(C)c4)cc3)cs2)cc1C(C)C.Cc1ccc(C)c(Nc2nc(-c3ccc(-n4cnc(C)c4)cc3)cs2)c1.Cc1ccc(N(C)CC2CC2)cc1Nc1nc(-c2ccc(-n3ccnc3)cc2)cs1.Cc1cn(-c2ccc(-c3csc(Nc4cc(N(C)CC5CC5)ccc4C)n3)cc2)cn1. The molecular formula is C119H126N22O2S5. The van der Waals surface area contributed by atoms with Crippen LogP contribution in [-0.4, -0.2) is 114 Å². The molecule has 5 N–H and O–H groups in total. The van der Waals surface area contributed by atoms with Crippen molar-refractivity contribution < 1.29 is 9.47 Å². The Morgan fingerprint density at radius 1 is 0.338 bits per heavy atom. The number of methoxy groups -OCH3 is 2. The average Bonchev–Trinajstić information content (AvgIpc) is 1.60. The Bertz CT molecular complexity index is 7860. The van der Waals surface area contributed by atoms with Gasteiger partial charge in [-0.2, -0.15) is 0 Å². The molecule has 10 aromatic carbocycles. The van der Waals surface area contributed by atoms with Gasteiger partial charge < -0.3 is 68.7 Å². The van der Waals surface area contributed by atoms with Crippen molar-refractivity contribution in [2.75, 3.05) is 77.8 Å². The second kappa shape index (κ2) is 46.5. The Morgan fingerprint density at radius 2 is 0.649 bits per heavy atom. The molecule has 2 saturated carbocycles. The first kappa shape index (κ1) is 103. The van der Waals surface area contributed by atoms with Crippen LogP contribution in [0.2, 0.25) is 0 Å². The van der Waals surface area contributed by atoms with Crippen LogP contribution in [-0.2, 0) is 0 Å². The Labute approximate surface area is 887 Å². The molecule has 2 aliphatic carbocycles. The number of imidazole rings is 5. The first-order valence-electron chi connectivity index (χ1n) is 49.9. The van der Waals surface area contributed by atoms with Crippen molar-refractivity contribution in [2.45, 2.75) is 141 Å². The predicted octanol–water partition coefficient (Wildman–Crippen LogP) is 31.0. The number of hydrogen-bond acceptors (Lipinski definition) is 24. The number of hydrogen-bond donors (Lipinski definition) is 5. The molecule has 10 aromatic heterocycles. The molecule has 754 valence electrons. The smallest absolute Gasteiger partial charge is 0.187 e. The maximum atomic E-state index is 5.57. The second-order valence-corrected chi connectivity index (χ2v) is 43.3. The third-order valence-electron chi connectivity index (χ3n) is 26.2. The molecule has 2 fully saturated rings. The zero-order chi connectivity index (χ0) is 103. The maximum Gasteiger partial charge on any atom is 0.187 e. The van der Waals surface area contributed by atoms with E-state index in [0.717, 1.165) is 209 Å². The molecule has 0 bridgehead atoms. The van der Waals surface area contributed by atoms with Crippen LogP contribution >= 0.6 is 56.7 Å². The highest BCUT2D eigenvalue weighted by Crippen LogP contribution is 2.43. The van der Waals surface area contributed by atoms with Gasteiger partial charge in [0.2, 0.25) is 0 Å². The summed E-state index contributed by atoms with van der Waals surface area (Å²) in [5.74, 6) is 4.36. The normalized spacial score (nSPS) is 12.0. The minimum Gasteiger partial charge on any atom is -0.496 e. The quantitative estimate of drug-likeness (QED) is 0.0281. The van der Waals surface area contributed by atoms with Crippen LogP contribution in [0.1, 0.15) is 137 Å². The van der Waals surface area contributed by atoms with Gasteiger partial charge in [0.05, 0.1) is 97.1 Å². The molecule has 20 aromatic rings. The summed E-state index contributed by atoms with van der Waals surface area (Å²) in [5.41, 5.74) is 37.5. The third-order valence-corrected chi connectivity index (χ3v) is 30.1. The van der Waals surface area contributed by atoms with E-state index < -0.39 is 0 Å². The summed E-state index contributed by atoms with van der Waals surface area (Å²) in [6.07, 6.45) is 26.4. The topological polar surface area (TPSA) is 239 Å². The molecule has 0 aliphatic heterocycles. The van der Waals surface area contributed by atoms with E-state index in [-0.39, 0.29) is 0 Å². The molecule has 0 spiro atoms. The van der Waals surface area contributed by atoms with Crippen molar-refractivity contribution in [1.29, 1.82) is 0 Å². The van der Waals surface area contributed by atoms with Crippen LogP contribution in [0.15, 0.2) is 291 Å². The van der Waals surface area contributed by atoms with Gasteiger partial charge in [0.25, 0.3) is 0 Å². The standard InChI is InChI=1S/C25H27N5S.C25H28N4OS.C24H25N5S.C24H26N4OS.C21H20N4S/c1-17-4-9-22(29(3)14-19-5-6-19)12-23(17)27-25-28-24(15-31-25)20-7-10-21(11-8-20)30-13-18(2)26-16-30;1-15(2)21-12-22(16(3)11-23(21)30-6)27-25-28-24(18(5)31-25)19-7-9-20(10-8-19)29-13-17(4)26-14-29;1-17-3-8-21(28(2)14-18-4-5-18)13-22(17)26-24-27-23(15-30-24)19-6-9-20(10-7-19)29-12-11-25-16-29;1-15(2)20-11-21(16(3)10-23(20)29-5)26-24-27-22(13-30-24)18-6-8-19(9-7-18)28-12-17(4)25-14-28;1-14-4-5-15(2)19(10-14)23-21-24-20(12-26-21)17-6-8-18(9-7-17)25-11-16(3)22-13-25/h4,7-13,15-16,19H,5-6,14H2,1-3H3,(H,27,28);7-15H,1-6H3,(H,27,28);3,6-13,15-16,18H,4-5,14H2,1-2H3,(H,26,27);6-15H,1-5H3,(H,26,27);4-13H,1-3H3,(H,23,24). The molecule has 0 amide bonds. The van der Waals surface area contributed by atoms with Gasteiger partial charge >= 0.3 is 0 Å². The molecule has 10 heterocycles. The van der Waals surface area contributed by atoms with E-state index in [0.29, 0.717) is 11.8 Å². The molecule has 2 aliphatic rings. The van der Waals surface area contributed by atoms with Gasteiger partial charge in [-0.05, 0) is 285 Å². The maximum absolute atomic E-state index is 5.57. The van der Waals surface area contributed by atoms with Crippen molar-refractivity contribution >= 4 is 122 Å². The fourth-order valence-electron chi connectivity index (χ4n) is 17.2. The van der Waals surface area contributed by atoms with E-state index >= 15 is 0 Å². The zero-order valence-electron chi connectivity index (χ0n) is 87.2. The van der Waals surface area contributed by atoms with Crippen LogP contribution < -0.4 is 45.9 Å². The van der Waals surface area contributed by atoms with Crippen molar-refractivity contribution in [3.8, 4) is 96.2 Å². The minimum atomic E-state index is 0.377. The lowest BCUT2D eigenvalue weighted by atomic mass is 9.99. The van der Waals surface area contributed by atoms with Crippen LogP contribution in [0.3, 0.4) is 0 Å². The number of aromatic nitrogens is 15. The molecular weight excluding hydrogens is 1930 g/mol. The molecule has 29 heteroatoms. The first-order chi connectivity index (χ1) is 71.6. The Hall–Kier alpha value is -15.4. The number of aryl methyl sites for hydroxylation is 11. The van der Waals surface area contributed by atoms with E-state index in [9.17, 15) is 0 Å². The van der Waals surface area contributed by atoms with E-state index in [1.54, 1.807) is 83.4 Å². The highest BCUT2D eigenvalue weighted by atomic mass is 32.1. The summed E-state index contributed by atoms with van der Waals surface area (Å²) in [5, 5.41) is 30.4. The lowest BCUT2D eigenvalue weighted by Gasteiger charge is -2.20. The monoisotopic (exact) mass is 2050 g/mol. The van der Waals surface area contributed by atoms with Gasteiger partial charge in [0.15, 0.2) is 25.7 Å². The van der Waals surface area contributed by atoms with Gasteiger partial charge in [0.1, 0.15) is 11.5 Å². The molecule has 148 heavy (non-hydrogen) atoms. The summed E-state index contributed by atoms with van der Waals surface area (Å²) in [6, 6.07) is 70.2. The third kappa shape index (κ3) is 26.0. The predicted molar refractivity (Wildman–Crippen MR) is 617 cm³/mol. The second-order valence-electron chi connectivity index (χ2n) is 38.7. The number of anilines is 12. The van der Waals surface area contributed by atoms with Crippen molar-refractivity contribution in [3.63, 3.8) is 0 Å². The Kier molecular flexibility index (Phi) is 32.3. The lowest BCUT2D eigenvalue weighted by Crippen LogP contribution is -2.19. The fraction of sp³-hybridized carbons (Fsp3) is 0.244. The van der Waals surface area contributed by atoms with Gasteiger partial charge in [-0.25, -0.2) is 49.8 Å². The molecule has 0 unspecified atom stereocenters. The lowest BCUT2D eigenvalue weighted by molar-refractivity contribution is 0.407. The van der Waals surface area contributed by atoms with Crippen molar-refractivity contribution in [3.05, 3.63) is 363 Å². The van der Waals surface area contributed by atoms with Gasteiger partial charge in [-0.3, -0.25) is 0 Å². The van der Waals surface area contributed by atoms with Gasteiger partial charge in [-0.15, -0.1) is 56.7 Å². The summed E-state index contributed by atoms with van der Waals surface area (Å²) in [4.78, 5) is 51.3. The van der Waals surface area contributed by atoms with Crippen LogP contribution in [0.5, 0.6) is 11.5 Å². The number of rotatable bonds is 30. The molecule has 0 radical (unpaired) electrons. The number of nitrogens with one attached hydrogen (secondary N) is 5. The summed E-state index contributed by atoms with van der Waals surface area (Å²) >= 11 is 8.17. The van der Waals surface area contributed by atoms with Crippen molar-refractivity contribution in [1.82, 2.24) is 72.7 Å². The molecule has 0 atom stereocenters. The number of nitrogens with zero attached hydrogens (tertiary/aromatic N) is 17. The van der Waals surface area contributed by atoms with Gasteiger partial charge in [0, 0.05) is 187 Å². The number of benzene rings is 10. The molecule has 22 rings (SSSR count). The van der Waals surface area contributed by atoms with Gasteiger partial charge in [-0.1, -0.05) is 113 Å². The first-order valence-corrected chi connectivity index (χ1v) is 54.2. The van der Waals surface area contributed by atoms with Crippen LogP contribution in [0.4, 0.5) is 65.5 Å². The Balaban J connectivity index is 0.000000121. The minimum absolute atomic E-state index is 0.377. The average molecular weight is 2060 g/mol. The zero-order valence-corrected chi connectivity index (χ0v) is 91.3. The summed E-state index contributed by atoms with van der Waals surface area (Å²) in [7, 11) is 7.81. The Morgan fingerprint density at radius 3 is 0.953 bits per heavy atom. The largest absolute Gasteiger partial charge is 0.496 e. The van der Waals surface area contributed by atoms with Crippen LogP contribution in [0, 0.1) is 88.0 Å². The molecule has 0 saturated heterocycles. The van der Waals surface area contributed by atoms with Crippen molar-refractivity contribution in [2.24, 2.45) is 11.8 Å². The highest BCUT2D eigenvalue weighted by molar-refractivity contribution is 7.16. The molecule has 24 nitrogen and oxygen atoms in total. The number of thiazole rings is 5. The van der Waals surface area contributed by atoms with E-state index in [1.807, 2.05) is 107 Å². The van der Waals surface area contributed by atoms with E-state index in [4.69, 9.17) is 34.4 Å². The van der Waals surface area contributed by atoms with Crippen LogP contribution in [0.25, 0.3) is 84.7 Å². The van der Waals surface area contributed by atoms with E-state index in [2.05, 4.69) is 373 Å². The fourth-order valence-corrected chi connectivity index (χ4v) is 20.9. The van der Waals surface area contributed by atoms with E-state index in [1.165, 1.54) is 75.3 Å². The number of ether oxygens (including phenoxy) is 2.